The number of rotatable bonds is 4. The number of pyridine rings is 1. The smallest absolute Gasteiger partial charge is 0.0372 e. The lowest BCUT2D eigenvalue weighted by atomic mass is 9.98. The highest BCUT2D eigenvalue weighted by atomic mass is 15.3. The van der Waals surface area contributed by atoms with Crippen molar-refractivity contribution in [1.82, 2.24) is 20.1 Å². The molecule has 4 heteroatoms. The first-order valence-corrected chi connectivity index (χ1v) is 7.08. The molecule has 4 nitrogen and oxygen atoms in total. The minimum absolute atomic E-state index is 0.382. The summed E-state index contributed by atoms with van der Waals surface area (Å²) in [7, 11) is 6.48. The fourth-order valence-electron chi connectivity index (χ4n) is 2.73. The van der Waals surface area contributed by atoms with Crippen LogP contribution in [0.5, 0.6) is 0 Å². The van der Waals surface area contributed by atoms with Gasteiger partial charge in [0.1, 0.15) is 0 Å². The highest BCUT2D eigenvalue weighted by Gasteiger charge is 2.25. The Balaban J connectivity index is 2.03. The highest BCUT2D eigenvalue weighted by molar-refractivity contribution is 5.17. The molecule has 1 saturated heterocycles. The molecule has 2 unspecified atom stereocenters. The van der Waals surface area contributed by atoms with E-state index >= 15 is 0 Å². The summed E-state index contributed by atoms with van der Waals surface area (Å²) in [6, 6.07) is 5.27. The average molecular weight is 262 g/mol. The lowest BCUT2D eigenvalue weighted by molar-refractivity contribution is 0.102. The van der Waals surface area contributed by atoms with Gasteiger partial charge in [-0.05, 0) is 46.1 Å². The molecule has 1 fully saturated rings. The van der Waals surface area contributed by atoms with E-state index < -0.39 is 0 Å². The van der Waals surface area contributed by atoms with E-state index in [4.69, 9.17) is 0 Å². The van der Waals surface area contributed by atoms with Crippen molar-refractivity contribution in [3.8, 4) is 0 Å². The summed E-state index contributed by atoms with van der Waals surface area (Å²) < 4.78 is 0. The van der Waals surface area contributed by atoms with E-state index in [-0.39, 0.29) is 0 Å². The third-order valence-electron chi connectivity index (χ3n) is 4.17. The van der Waals surface area contributed by atoms with E-state index in [0.29, 0.717) is 12.1 Å². The van der Waals surface area contributed by atoms with Crippen LogP contribution < -0.4 is 5.32 Å². The van der Waals surface area contributed by atoms with E-state index in [0.717, 1.165) is 25.2 Å². The van der Waals surface area contributed by atoms with Crippen molar-refractivity contribution in [2.45, 2.75) is 25.4 Å². The molecule has 0 aliphatic carbocycles. The second kappa shape index (κ2) is 6.46. The molecule has 0 saturated carbocycles. The van der Waals surface area contributed by atoms with Gasteiger partial charge in [-0.3, -0.25) is 4.98 Å². The van der Waals surface area contributed by atoms with Crippen molar-refractivity contribution in [2.75, 3.05) is 40.8 Å². The normalized spacial score (nSPS) is 23.5. The number of aryl methyl sites for hydroxylation is 1. The van der Waals surface area contributed by atoms with Gasteiger partial charge in [-0.1, -0.05) is 6.07 Å². The molecule has 106 valence electrons. The Bertz CT molecular complexity index is 390. The maximum atomic E-state index is 4.41. The van der Waals surface area contributed by atoms with Gasteiger partial charge < -0.3 is 15.1 Å². The van der Waals surface area contributed by atoms with Crippen molar-refractivity contribution in [2.24, 2.45) is 0 Å². The number of nitrogens with one attached hydrogen (secondary N) is 1. The first-order valence-electron chi connectivity index (χ1n) is 7.08. The van der Waals surface area contributed by atoms with E-state index in [9.17, 15) is 0 Å². The summed E-state index contributed by atoms with van der Waals surface area (Å²) in [5.74, 6) is 0. The Kier molecular flexibility index (Phi) is 4.91. The van der Waals surface area contributed by atoms with Crippen molar-refractivity contribution < 1.29 is 0 Å². The van der Waals surface area contributed by atoms with Crippen LogP contribution >= 0.6 is 0 Å². The quantitative estimate of drug-likeness (QED) is 0.886. The molecular weight excluding hydrogens is 236 g/mol. The fourth-order valence-corrected chi connectivity index (χ4v) is 2.73. The largest absolute Gasteiger partial charge is 0.313 e. The van der Waals surface area contributed by atoms with Gasteiger partial charge >= 0.3 is 0 Å². The van der Waals surface area contributed by atoms with Crippen LogP contribution in [0.3, 0.4) is 0 Å². The van der Waals surface area contributed by atoms with Gasteiger partial charge in [-0.25, -0.2) is 0 Å². The Hall–Kier alpha value is -0.970. The standard InChI is InChI=1S/C15H26N4/c1-12-5-6-13(10-17-12)15(16-2)9-14-11-18(3)7-8-19(14)4/h5-6,10,14-16H,7-9,11H2,1-4H3. The SMILES string of the molecule is CNC(CC1CN(C)CCN1C)c1ccc(C)nc1. The highest BCUT2D eigenvalue weighted by Crippen LogP contribution is 2.21. The van der Waals surface area contributed by atoms with Crippen LogP contribution in [0.4, 0.5) is 0 Å². The predicted molar refractivity (Wildman–Crippen MR) is 79.3 cm³/mol. The first kappa shape index (κ1) is 14.4. The molecule has 0 amide bonds. The van der Waals surface area contributed by atoms with Crippen LogP contribution in [0.1, 0.15) is 23.7 Å². The zero-order chi connectivity index (χ0) is 13.8. The van der Waals surface area contributed by atoms with Gasteiger partial charge in [0.25, 0.3) is 0 Å². The third-order valence-corrected chi connectivity index (χ3v) is 4.17. The van der Waals surface area contributed by atoms with E-state index in [1.54, 1.807) is 0 Å². The van der Waals surface area contributed by atoms with E-state index in [2.05, 4.69) is 46.3 Å². The lowest BCUT2D eigenvalue weighted by Crippen LogP contribution is -2.50. The number of likely N-dealkylation sites (N-methyl/N-ethyl adjacent to an activating group) is 2. The zero-order valence-electron chi connectivity index (χ0n) is 12.6. The van der Waals surface area contributed by atoms with Gasteiger partial charge in [-0.2, -0.15) is 0 Å². The van der Waals surface area contributed by atoms with Crippen LogP contribution in [-0.2, 0) is 0 Å². The van der Waals surface area contributed by atoms with Gasteiger partial charge in [0.2, 0.25) is 0 Å². The number of nitrogens with zero attached hydrogens (tertiary/aromatic N) is 3. The van der Waals surface area contributed by atoms with Crippen LogP contribution in [-0.4, -0.2) is 61.6 Å². The van der Waals surface area contributed by atoms with Crippen LogP contribution in [0, 0.1) is 6.92 Å². The van der Waals surface area contributed by atoms with Crippen LogP contribution in [0.25, 0.3) is 0 Å². The lowest BCUT2D eigenvalue weighted by Gasteiger charge is -2.39. The summed E-state index contributed by atoms with van der Waals surface area (Å²) in [4.78, 5) is 9.31. The number of aromatic nitrogens is 1. The number of hydrogen-bond acceptors (Lipinski definition) is 4. The molecule has 1 aromatic heterocycles. The van der Waals surface area contributed by atoms with Gasteiger partial charge in [0.15, 0.2) is 0 Å². The minimum Gasteiger partial charge on any atom is -0.313 e. The van der Waals surface area contributed by atoms with E-state index in [1.807, 2.05) is 20.2 Å². The molecule has 1 N–H and O–H groups in total. The summed E-state index contributed by atoms with van der Waals surface area (Å²) in [6.07, 6.45) is 3.13. The number of hydrogen-bond donors (Lipinski definition) is 1. The predicted octanol–water partition coefficient (Wildman–Crippen LogP) is 1.29. The molecule has 0 bridgehead atoms. The molecule has 2 atom stereocenters. The monoisotopic (exact) mass is 262 g/mol. The molecule has 2 heterocycles. The number of piperazine rings is 1. The second-order valence-corrected chi connectivity index (χ2v) is 5.71. The fraction of sp³-hybridized carbons (Fsp3) is 0.667. The summed E-state index contributed by atoms with van der Waals surface area (Å²) in [5, 5.41) is 3.44. The van der Waals surface area contributed by atoms with Crippen molar-refractivity contribution in [3.05, 3.63) is 29.6 Å². The van der Waals surface area contributed by atoms with Crippen molar-refractivity contribution in [3.63, 3.8) is 0 Å². The van der Waals surface area contributed by atoms with Gasteiger partial charge in [0.05, 0.1) is 0 Å². The topological polar surface area (TPSA) is 31.4 Å². The maximum absolute atomic E-state index is 4.41. The minimum atomic E-state index is 0.382. The van der Waals surface area contributed by atoms with Gasteiger partial charge in [0, 0.05) is 43.6 Å². The maximum Gasteiger partial charge on any atom is 0.0372 e. The van der Waals surface area contributed by atoms with E-state index in [1.165, 1.54) is 12.1 Å². The summed E-state index contributed by atoms with van der Waals surface area (Å²) >= 11 is 0. The Morgan fingerprint density at radius 2 is 2.16 bits per heavy atom. The molecule has 2 rings (SSSR count). The van der Waals surface area contributed by atoms with Crippen molar-refractivity contribution in [1.29, 1.82) is 0 Å². The molecule has 1 aliphatic heterocycles. The molecule has 0 radical (unpaired) electrons. The second-order valence-electron chi connectivity index (χ2n) is 5.71. The molecule has 0 spiro atoms. The molecule has 19 heavy (non-hydrogen) atoms. The van der Waals surface area contributed by atoms with Crippen LogP contribution in [0.2, 0.25) is 0 Å². The zero-order valence-corrected chi connectivity index (χ0v) is 12.6. The Labute approximate surface area is 116 Å². The third kappa shape index (κ3) is 3.75. The summed E-state index contributed by atoms with van der Waals surface area (Å²) in [5.41, 5.74) is 2.36. The molecule has 1 aromatic rings. The van der Waals surface area contributed by atoms with Crippen molar-refractivity contribution >= 4 is 0 Å². The average Bonchev–Trinajstić information content (AvgIpc) is 2.41. The Morgan fingerprint density at radius 1 is 1.37 bits per heavy atom. The summed E-state index contributed by atoms with van der Waals surface area (Å²) in [6.45, 7) is 5.50. The molecule has 1 aliphatic rings. The first-order chi connectivity index (χ1) is 9.10. The molecule has 0 aromatic carbocycles. The van der Waals surface area contributed by atoms with Gasteiger partial charge in [-0.15, -0.1) is 0 Å². The molecular formula is C15H26N4. The van der Waals surface area contributed by atoms with Crippen LogP contribution in [0.15, 0.2) is 18.3 Å². The Morgan fingerprint density at radius 3 is 2.79 bits per heavy atom.